The molecule has 0 saturated heterocycles. The molecular weight excluding hydrogens is 222 g/mol. The Balaban J connectivity index is 2.15. The minimum absolute atomic E-state index is 0.178. The molecule has 4 N–H and O–H groups in total. The number of anilines is 1. The predicted molar refractivity (Wildman–Crippen MR) is 61.1 cm³/mol. The molecule has 0 aliphatic carbocycles. The Kier molecular flexibility index (Phi) is 2.79. The van der Waals surface area contributed by atoms with Crippen LogP contribution in [0.1, 0.15) is 0 Å². The number of nitrogens with zero attached hydrogens (tertiary/aromatic N) is 2. The van der Waals surface area contributed by atoms with E-state index in [-0.39, 0.29) is 18.3 Å². The van der Waals surface area contributed by atoms with Crippen LogP contribution in [0.15, 0.2) is 23.3 Å². The number of hydrogen-bond acceptors (Lipinski definition) is 6. The summed E-state index contributed by atoms with van der Waals surface area (Å²) in [4.78, 5) is 0. The number of hydrogen-bond donors (Lipinski definition) is 3. The number of ether oxygens (including phenoxy) is 2. The molecule has 1 aliphatic rings. The van der Waals surface area contributed by atoms with Crippen molar-refractivity contribution in [3.63, 3.8) is 0 Å². The zero-order valence-corrected chi connectivity index (χ0v) is 8.73. The van der Waals surface area contributed by atoms with Crippen LogP contribution in [0.3, 0.4) is 0 Å². The molecule has 7 nitrogen and oxygen atoms in total. The molecule has 17 heavy (non-hydrogen) atoms. The van der Waals surface area contributed by atoms with Crippen molar-refractivity contribution in [1.82, 2.24) is 0 Å². The Labute approximate surface area is 96.9 Å². The zero-order chi connectivity index (χ0) is 12.3. The molecule has 0 spiro atoms. The van der Waals surface area contributed by atoms with E-state index < -0.39 is 0 Å². The van der Waals surface area contributed by atoms with Gasteiger partial charge >= 0.3 is 0 Å². The average Bonchev–Trinajstić information content (AvgIpc) is 2.76. The number of benzene rings is 1. The van der Waals surface area contributed by atoms with Crippen LogP contribution in [-0.2, 0) is 0 Å². The summed E-state index contributed by atoms with van der Waals surface area (Å²) in [5, 5.41) is 19.4. The monoisotopic (exact) mass is 231 g/mol. The van der Waals surface area contributed by atoms with E-state index in [0.717, 1.165) is 0 Å². The molecule has 0 aromatic heterocycles. The fraction of sp³-hybridized carbons (Fsp3) is 0.100. The summed E-state index contributed by atoms with van der Waals surface area (Å²) in [6.45, 7) is 0.193. The molecule has 0 bridgehead atoms. The summed E-state index contributed by atoms with van der Waals surface area (Å²) in [6, 6.07) is 6.82. The van der Waals surface area contributed by atoms with Crippen molar-refractivity contribution >= 4 is 17.2 Å². The van der Waals surface area contributed by atoms with E-state index in [1.54, 1.807) is 24.3 Å². The van der Waals surface area contributed by atoms with Crippen LogP contribution < -0.4 is 20.6 Å². The highest BCUT2D eigenvalue weighted by molar-refractivity contribution is 6.45. The maximum absolute atomic E-state index is 8.64. The summed E-state index contributed by atoms with van der Waals surface area (Å²) in [7, 11) is 0. The van der Waals surface area contributed by atoms with Crippen molar-refractivity contribution in [2.45, 2.75) is 0 Å². The Hall–Kier alpha value is -2.75. The average molecular weight is 231 g/mol. The number of nitriles is 1. The van der Waals surface area contributed by atoms with Gasteiger partial charge in [-0.05, 0) is 12.1 Å². The fourth-order valence-corrected chi connectivity index (χ4v) is 1.23. The van der Waals surface area contributed by atoms with E-state index in [2.05, 4.69) is 10.5 Å². The first kappa shape index (κ1) is 10.8. The highest BCUT2D eigenvalue weighted by Crippen LogP contribution is 2.34. The van der Waals surface area contributed by atoms with Crippen LogP contribution in [0.4, 0.5) is 5.69 Å². The molecule has 0 atom stereocenters. The maximum Gasteiger partial charge on any atom is 0.231 e. The topological polar surface area (TPSA) is 117 Å². The summed E-state index contributed by atoms with van der Waals surface area (Å²) < 4.78 is 10.3. The van der Waals surface area contributed by atoms with E-state index in [1.807, 2.05) is 0 Å². The Morgan fingerprint density at radius 1 is 1.47 bits per heavy atom. The van der Waals surface area contributed by atoms with Gasteiger partial charge in [-0.25, -0.2) is 0 Å². The van der Waals surface area contributed by atoms with E-state index >= 15 is 0 Å². The lowest BCUT2D eigenvalue weighted by atomic mass is 10.3. The lowest BCUT2D eigenvalue weighted by Gasteiger charge is -2.02. The van der Waals surface area contributed by atoms with Crippen molar-refractivity contribution in [3.05, 3.63) is 18.2 Å². The van der Waals surface area contributed by atoms with Crippen LogP contribution >= 0.6 is 0 Å². The van der Waals surface area contributed by atoms with Crippen molar-refractivity contribution in [2.75, 3.05) is 12.2 Å². The van der Waals surface area contributed by atoms with Gasteiger partial charge in [-0.1, -0.05) is 0 Å². The molecule has 0 fully saturated rings. The predicted octanol–water partition coefficient (Wildman–Crippen LogP) is 0.643. The largest absolute Gasteiger partial charge is 0.454 e. The fourth-order valence-electron chi connectivity index (χ4n) is 1.23. The SMILES string of the molecule is N#C/C(=N\Nc1ccc2c(c1)OCO2)C(=N)N. The second-order valence-electron chi connectivity index (χ2n) is 3.17. The van der Waals surface area contributed by atoms with Gasteiger partial charge in [-0.2, -0.15) is 10.4 Å². The van der Waals surface area contributed by atoms with Gasteiger partial charge in [0.25, 0.3) is 0 Å². The van der Waals surface area contributed by atoms with Crippen LogP contribution in [0.25, 0.3) is 0 Å². The molecular formula is C10H9N5O2. The Morgan fingerprint density at radius 2 is 2.24 bits per heavy atom. The van der Waals surface area contributed by atoms with Crippen molar-refractivity contribution in [1.29, 1.82) is 10.7 Å². The minimum Gasteiger partial charge on any atom is -0.454 e. The Bertz CT molecular complexity index is 532. The number of amidine groups is 1. The third-order valence-electron chi connectivity index (χ3n) is 2.03. The molecule has 2 rings (SSSR count). The molecule has 7 heteroatoms. The summed E-state index contributed by atoms with van der Waals surface area (Å²) in [5.41, 5.74) is 8.20. The van der Waals surface area contributed by atoms with Crippen molar-refractivity contribution in [3.8, 4) is 17.6 Å². The molecule has 0 amide bonds. The summed E-state index contributed by atoms with van der Waals surface area (Å²) >= 11 is 0. The van der Waals surface area contributed by atoms with Gasteiger partial charge < -0.3 is 15.2 Å². The van der Waals surface area contributed by atoms with Gasteiger partial charge in [0.2, 0.25) is 12.5 Å². The maximum atomic E-state index is 8.64. The van der Waals surface area contributed by atoms with E-state index in [0.29, 0.717) is 17.2 Å². The molecule has 0 radical (unpaired) electrons. The van der Waals surface area contributed by atoms with Gasteiger partial charge in [-0.3, -0.25) is 10.8 Å². The second-order valence-corrected chi connectivity index (χ2v) is 3.17. The van der Waals surface area contributed by atoms with Crippen molar-refractivity contribution < 1.29 is 9.47 Å². The lowest BCUT2D eigenvalue weighted by Crippen LogP contribution is -2.21. The van der Waals surface area contributed by atoms with E-state index in [4.69, 9.17) is 25.9 Å². The van der Waals surface area contributed by atoms with Gasteiger partial charge in [0.1, 0.15) is 6.07 Å². The molecule has 0 saturated carbocycles. The number of nitrogens with two attached hydrogens (primary N) is 1. The third kappa shape index (κ3) is 2.26. The normalized spacial score (nSPS) is 13.0. The smallest absolute Gasteiger partial charge is 0.231 e. The van der Waals surface area contributed by atoms with Crippen LogP contribution in [0.5, 0.6) is 11.5 Å². The third-order valence-corrected chi connectivity index (χ3v) is 2.03. The number of nitrogens with one attached hydrogen (secondary N) is 2. The van der Waals surface area contributed by atoms with Crippen LogP contribution in [0, 0.1) is 16.7 Å². The standard InChI is InChI=1S/C10H9N5O2/c11-4-7(10(12)13)15-14-6-1-2-8-9(3-6)17-5-16-8/h1-3,14H,5H2,(H3,12,13)/b15-7+. The molecule has 1 aromatic rings. The lowest BCUT2D eigenvalue weighted by molar-refractivity contribution is 0.174. The van der Waals surface area contributed by atoms with Gasteiger partial charge in [0, 0.05) is 6.07 Å². The van der Waals surface area contributed by atoms with Crippen LogP contribution in [-0.4, -0.2) is 18.3 Å². The molecule has 1 aromatic carbocycles. The van der Waals surface area contributed by atoms with Gasteiger partial charge in [0.05, 0.1) is 5.69 Å². The van der Waals surface area contributed by atoms with Crippen molar-refractivity contribution in [2.24, 2.45) is 10.8 Å². The first-order valence-electron chi connectivity index (χ1n) is 4.68. The van der Waals surface area contributed by atoms with Crippen LogP contribution in [0.2, 0.25) is 0 Å². The number of rotatable bonds is 3. The minimum atomic E-state index is -0.388. The van der Waals surface area contributed by atoms with E-state index in [1.165, 1.54) is 0 Å². The number of hydrazone groups is 1. The number of fused-ring (bicyclic) bond motifs is 1. The zero-order valence-electron chi connectivity index (χ0n) is 8.73. The first-order valence-corrected chi connectivity index (χ1v) is 4.68. The Morgan fingerprint density at radius 3 is 2.94 bits per heavy atom. The highest BCUT2D eigenvalue weighted by atomic mass is 16.7. The summed E-state index contributed by atoms with van der Waals surface area (Å²) in [5.74, 6) is 0.874. The molecule has 0 unspecified atom stereocenters. The molecule has 1 aliphatic heterocycles. The molecule has 1 heterocycles. The second kappa shape index (κ2) is 4.40. The first-order chi connectivity index (χ1) is 8.20. The van der Waals surface area contributed by atoms with Gasteiger partial charge in [-0.15, -0.1) is 0 Å². The molecule has 86 valence electrons. The van der Waals surface area contributed by atoms with E-state index in [9.17, 15) is 0 Å². The van der Waals surface area contributed by atoms with Gasteiger partial charge in [0.15, 0.2) is 17.3 Å². The highest BCUT2D eigenvalue weighted by Gasteiger charge is 2.13. The summed E-state index contributed by atoms with van der Waals surface area (Å²) in [6.07, 6.45) is 0. The quantitative estimate of drug-likeness (QED) is 0.401.